The Morgan fingerprint density at radius 3 is 3.29 bits per heavy atom. The number of carbonyl (C=O) groups excluding carboxylic acids is 1. The minimum absolute atomic E-state index is 0.193. The molecule has 4 heteroatoms. The number of thiophene rings is 1. The fraction of sp³-hybridized carbons (Fsp3) is 0.500. The Kier molecular flexibility index (Phi) is 3.29. The van der Waals surface area contributed by atoms with Crippen LogP contribution >= 0.6 is 11.3 Å². The van der Waals surface area contributed by atoms with Crippen LogP contribution in [0.4, 0.5) is 0 Å². The fourth-order valence-electron chi connectivity index (χ4n) is 1.51. The van der Waals surface area contributed by atoms with Crippen molar-refractivity contribution in [1.82, 2.24) is 5.32 Å². The van der Waals surface area contributed by atoms with Crippen LogP contribution in [-0.2, 0) is 4.74 Å². The molecule has 0 radical (unpaired) electrons. The van der Waals surface area contributed by atoms with Crippen LogP contribution in [0.25, 0.3) is 0 Å². The third kappa shape index (κ3) is 2.41. The van der Waals surface area contributed by atoms with Gasteiger partial charge >= 0.3 is 0 Å². The first-order valence-electron chi connectivity index (χ1n) is 4.74. The van der Waals surface area contributed by atoms with Crippen molar-refractivity contribution in [2.24, 2.45) is 0 Å². The Hall–Kier alpha value is -0.710. The van der Waals surface area contributed by atoms with Crippen molar-refractivity contribution in [3.05, 3.63) is 22.4 Å². The number of morpholine rings is 1. The topological polar surface area (TPSA) is 38.3 Å². The van der Waals surface area contributed by atoms with Gasteiger partial charge in [0.25, 0.3) is 0 Å². The average Bonchev–Trinajstić information content (AvgIpc) is 2.72. The molecule has 1 atom stereocenters. The predicted molar refractivity (Wildman–Crippen MR) is 55.9 cm³/mol. The van der Waals surface area contributed by atoms with E-state index in [2.05, 4.69) is 5.32 Å². The van der Waals surface area contributed by atoms with Gasteiger partial charge in [0.15, 0.2) is 5.78 Å². The minimum Gasteiger partial charge on any atom is -0.378 e. The molecular weight excluding hydrogens is 198 g/mol. The minimum atomic E-state index is 0.193. The van der Waals surface area contributed by atoms with Crippen molar-refractivity contribution in [3.8, 4) is 0 Å². The van der Waals surface area contributed by atoms with Crippen LogP contribution in [0.3, 0.4) is 0 Å². The molecule has 3 nitrogen and oxygen atoms in total. The molecule has 1 aliphatic rings. The van der Waals surface area contributed by atoms with E-state index in [4.69, 9.17) is 4.74 Å². The number of hydrogen-bond acceptors (Lipinski definition) is 4. The van der Waals surface area contributed by atoms with Crippen molar-refractivity contribution in [2.75, 3.05) is 19.8 Å². The van der Waals surface area contributed by atoms with Gasteiger partial charge in [-0.15, -0.1) is 11.3 Å². The van der Waals surface area contributed by atoms with Gasteiger partial charge in [-0.25, -0.2) is 0 Å². The maximum Gasteiger partial charge on any atom is 0.174 e. The first kappa shape index (κ1) is 9.83. The second-order valence-corrected chi connectivity index (χ2v) is 4.28. The maximum atomic E-state index is 11.7. The predicted octanol–water partition coefficient (Wildman–Crippen LogP) is 1.31. The number of carbonyl (C=O) groups is 1. The summed E-state index contributed by atoms with van der Waals surface area (Å²) in [7, 11) is 0. The molecule has 1 N–H and O–H groups in total. The molecule has 14 heavy (non-hydrogen) atoms. The van der Waals surface area contributed by atoms with E-state index < -0.39 is 0 Å². The maximum absolute atomic E-state index is 11.7. The molecule has 1 aliphatic heterocycles. The molecule has 0 saturated carbocycles. The Morgan fingerprint density at radius 1 is 1.71 bits per heavy atom. The first-order valence-corrected chi connectivity index (χ1v) is 5.62. The van der Waals surface area contributed by atoms with E-state index in [0.717, 1.165) is 18.0 Å². The third-order valence-corrected chi connectivity index (χ3v) is 3.14. The van der Waals surface area contributed by atoms with E-state index in [-0.39, 0.29) is 11.8 Å². The molecule has 2 heterocycles. The number of ether oxygens (including phenoxy) is 1. The summed E-state index contributed by atoms with van der Waals surface area (Å²) >= 11 is 1.50. The van der Waals surface area contributed by atoms with Gasteiger partial charge in [-0.1, -0.05) is 6.07 Å². The highest BCUT2D eigenvalue weighted by Crippen LogP contribution is 2.13. The molecule has 1 aromatic rings. The zero-order valence-electron chi connectivity index (χ0n) is 7.86. The average molecular weight is 211 g/mol. The van der Waals surface area contributed by atoms with Gasteiger partial charge in [0, 0.05) is 19.0 Å². The second-order valence-electron chi connectivity index (χ2n) is 3.33. The van der Waals surface area contributed by atoms with Crippen molar-refractivity contribution >= 4 is 17.1 Å². The number of Topliss-reactive ketones (excluding diaryl/α,β-unsaturated/α-hetero) is 1. The summed E-state index contributed by atoms with van der Waals surface area (Å²) in [6.07, 6.45) is 0.542. The molecule has 0 unspecified atom stereocenters. The zero-order valence-corrected chi connectivity index (χ0v) is 8.68. The Labute approximate surface area is 87.1 Å². The SMILES string of the molecule is O=C(C[C@@H]1COCCN1)c1cccs1. The number of ketones is 1. The second kappa shape index (κ2) is 4.68. The lowest BCUT2D eigenvalue weighted by Crippen LogP contribution is -2.42. The van der Waals surface area contributed by atoms with Crippen molar-refractivity contribution in [3.63, 3.8) is 0 Å². The van der Waals surface area contributed by atoms with Gasteiger partial charge < -0.3 is 10.1 Å². The van der Waals surface area contributed by atoms with Gasteiger partial charge in [0.05, 0.1) is 18.1 Å². The Balaban J connectivity index is 1.87. The molecule has 0 spiro atoms. The summed E-state index contributed by atoms with van der Waals surface area (Å²) in [4.78, 5) is 12.5. The summed E-state index contributed by atoms with van der Waals surface area (Å²) < 4.78 is 5.29. The van der Waals surface area contributed by atoms with Crippen molar-refractivity contribution < 1.29 is 9.53 Å². The molecule has 1 aromatic heterocycles. The monoisotopic (exact) mass is 211 g/mol. The van der Waals surface area contributed by atoms with Crippen LogP contribution < -0.4 is 5.32 Å². The van der Waals surface area contributed by atoms with Crippen LogP contribution in [0.1, 0.15) is 16.1 Å². The van der Waals surface area contributed by atoms with Gasteiger partial charge in [0.1, 0.15) is 0 Å². The van der Waals surface area contributed by atoms with E-state index in [1.807, 2.05) is 17.5 Å². The molecule has 2 rings (SSSR count). The van der Waals surface area contributed by atoms with E-state index >= 15 is 0 Å². The summed E-state index contributed by atoms with van der Waals surface area (Å²) in [5, 5.41) is 5.20. The summed E-state index contributed by atoms with van der Waals surface area (Å²) in [6.45, 7) is 2.25. The summed E-state index contributed by atoms with van der Waals surface area (Å²) in [5.74, 6) is 0.211. The van der Waals surface area contributed by atoms with E-state index in [1.165, 1.54) is 11.3 Å². The van der Waals surface area contributed by atoms with Gasteiger partial charge in [-0.3, -0.25) is 4.79 Å². The molecular formula is C10H13NO2S. The van der Waals surface area contributed by atoms with E-state index in [1.54, 1.807) is 0 Å². The number of nitrogens with one attached hydrogen (secondary N) is 1. The molecule has 1 saturated heterocycles. The summed E-state index contributed by atoms with van der Waals surface area (Å²) in [5.41, 5.74) is 0. The lowest BCUT2D eigenvalue weighted by atomic mass is 10.1. The Morgan fingerprint density at radius 2 is 2.64 bits per heavy atom. The van der Waals surface area contributed by atoms with Crippen LogP contribution in [0, 0.1) is 0 Å². The largest absolute Gasteiger partial charge is 0.378 e. The molecule has 76 valence electrons. The first-order chi connectivity index (χ1) is 6.86. The van der Waals surface area contributed by atoms with E-state index in [0.29, 0.717) is 13.0 Å². The molecule has 1 fully saturated rings. The van der Waals surface area contributed by atoms with E-state index in [9.17, 15) is 4.79 Å². The van der Waals surface area contributed by atoms with Crippen LogP contribution in [0.15, 0.2) is 17.5 Å². The number of rotatable bonds is 3. The highest BCUT2D eigenvalue weighted by Gasteiger charge is 2.17. The van der Waals surface area contributed by atoms with Gasteiger partial charge in [-0.05, 0) is 11.4 Å². The standard InChI is InChI=1S/C10H13NO2S/c12-9(10-2-1-5-14-10)6-8-7-13-4-3-11-8/h1-2,5,8,11H,3-4,6-7H2/t8-/m1/s1. The van der Waals surface area contributed by atoms with Crippen LogP contribution in [0.5, 0.6) is 0 Å². The molecule has 0 bridgehead atoms. The third-order valence-electron chi connectivity index (χ3n) is 2.23. The highest BCUT2D eigenvalue weighted by atomic mass is 32.1. The lowest BCUT2D eigenvalue weighted by Gasteiger charge is -2.22. The molecule has 0 aliphatic carbocycles. The molecule has 0 amide bonds. The van der Waals surface area contributed by atoms with Gasteiger partial charge in [-0.2, -0.15) is 0 Å². The lowest BCUT2D eigenvalue weighted by molar-refractivity contribution is 0.0677. The van der Waals surface area contributed by atoms with Crippen molar-refractivity contribution in [2.45, 2.75) is 12.5 Å². The number of hydrogen-bond donors (Lipinski definition) is 1. The van der Waals surface area contributed by atoms with Gasteiger partial charge in [0.2, 0.25) is 0 Å². The normalized spacial score (nSPS) is 22.1. The Bertz CT molecular complexity index is 291. The van der Waals surface area contributed by atoms with Crippen molar-refractivity contribution in [1.29, 1.82) is 0 Å². The zero-order chi connectivity index (χ0) is 9.80. The van der Waals surface area contributed by atoms with Crippen LogP contribution in [-0.4, -0.2) is 31.6 Å². The molecule has 0 aromatic carbocycles. The summed E-state index contributed by atoms with van der Waals surface area (Å²) in [6, 6.07) is 3.97. The van der Waals surface area contributed by atoms with Crippen LogP contribution in [0.2, 0.25) is 0 Å². The quantitative estimate of drug-likeness (QED) is 0.766. The smallest absolute Gasteiger partial charge is 0.174 e. The fourth-order valence-corrected chi connectivity index (χ4v) is 2.19. The highest BCUT2D eigenvalue weighted by molar-refractivity contribution is 7.12.